The number of aryl methyl sites for hydroxylation is 1. The van der Waals surface area contributed by atoms with Gasteiger partial charge in [-0.05, 0) is 18.9 Å². The smallest absolute Gasteiger partial charge is 0.124 e. The quantitative estimate of drug-likeness (QED) is 0.642. The van der Waals surface area contributed by atoms with Gasteiger partial charge in [0.25, 0.3) is 0 Å². The SMILES string of the molecule is Cc1nc(C#Cc2cncc(-c3cncnc3)c2)cs1. The molecule has 0 aliphatic carbocycles. The van der Waals surface area contributed by atoms with Crippen LogP contribution in [0.1, 0.15) is 16.3 Å². The molecule has 0 aliphatic heterocycles. The highest BCUT2D eigenvalue weighted by molar-refractivity contribution is 7.09. The van der Waals surface area contributed by atoms with Gasteiger partial charge in [-0.25, -0.2) is 15.0 Å². The Morgan fingerprint density at radius 2 is 1.75 bits per heavy atom. The zero-order valence-corrected chi connectivity index (χ0v) is 11.6. The molecule has 5 heteroatoms. The summed E-state index contributed by atoms with van der Waals surface area (Å²) in [6, 6.07) is 1.97. The highest BCUT2D eigenvalue weighted by atomic mass is 32.1. The third-order valence-corrected chi connectivity index (χ3v) is 3.36. The molecule has 0 fully saturated rings. The maximum absolute atomic E-state index is 4.31. The zero-order chi connectivity index (χ0) is 13.8. The molecule has 0 radical (unpaired) electrons. The topological polar surface area (TPSA) is 51.6 Å². The normalized spacial score (nSPS) is 9.85. The Balaban J connectivity index is 1.91. The van der Waals surface area contributed by atoms with Crippen LogP contribution in [0.3, 0.4) is 0 Å². The van der Waals surface area contributed by atoms with E-state index in [9.17, 15) is 0 Å². The molecule has 0 atom stereocenters. The molecule has 0 bridgehead atoms. The van der Waals surface area contributed by atoms with Crippen molar-refractivity contribution in [3.63, 3.8) is 0 Å². The summed E-state index contributed by atoms with van der Waals surface area (Å²) >= 11 is 1.59. The molecule has 0 aromatic carbocycles. The molecule has 0 spiro atoms. The molecule has 3 heterocycles. The van der Waals surface area contributed by atoms with E-state index in [1.165, 1.54) is 6.33 Å². The third-order valence-electron chi connectivity index (χ3n) is 2.59. The van der Waals surface area contributed by atoms with E-state index in [4.69, 9.17) is 0 Å². The monoisotopic (exact) mass is 278 g/mol. The van der Waals surface area contributed by atoms with Gasteiger partial charge in [0.05, 0.1) is 5.01 Å². The number of hydrogen-bond donors (Lipinski definition) is 0. The summed E-state index contributed by atoms with van der Waals surface area (Å²) in [4.78, 5) is 16.5. The van der Waals surface area contributed by atoms with Gasteiger partial charge in [0.2, 0.25) is 0 Å². The van der Waals surface area contributed by atoms with Gasteiger partial charge < -0.3 is 0 Å². The van der Waals surface area contributed by atoms with Crippen LogP contribution in [0, 0.1) is 18.8 Å². The summed E-state index contributed by atoms with van der Waals surface area (Å²) in [6.07, 6.45) is 8.53. The predicted octanol–water partition coefficient (Wildman–Crippen LogP) is 2.70. The van der Waals surface area contributed by atoms with Crippen molar-refractivity contribution in [1.82, 2.24) is 19.9 Å². The van der Waals surface area contributed by atoms with E-state index in [0.717, 1.165) is 27.4 Å². The molecule has 4 nitrogen and oxygen atoms in total. The van der Waals surface area contributed by atoms with E-state index in [1.807, 2.05) is 18.4 Å². The first-order valence-electron chi connectivity index (χ1n) is 5.96. The third kappa shape index (κ3) is 2.87. The Bertz CT molecular complexity index is 784. The maximum atomic E-state index is 4.31. The van der Waals surface area contributed by atoms with Crippen molar-refractivity contribution in [3.05, 3.63) is 58.8 Å². The van der Waals surface area contributed by atoms with E-state index in [0.29, 0.717) is 0 Å². The van der Waals surface area contributed by atoms with E-state index in [-0.39, 0.29) is 0 Å². The van der Waals surface area contributed by atoms with Gasteiger partial charge in [-0.1, -0.05) is 5.92 Å². The second-order valence-electron chi connectivity index (χ2n) is 4.09. The standard InChI is InChI=1S/C15H10N4S/c1-11-19-15(9-20-11)3-2-12-4-13(6-16-5-12)14-7-17-10-18-8-14/h4-10H,1H3. The van der Waals surface area contributed by atoms with Crippen LogP contribution in [0.2, 0.25) is 0 Å². The summed E-state index contributed by atoms with van der Waals surface area (Å²) in [6.45, 7) is 1.97. The molecule has 0 N–H and O–H groups in total. The molecule has 0 amide bonds. The lowest BCUT2D eigenvalue weighted by molar-refractivity contribution is 1.17. The van der Waals surface area contributed by atoms with Crippen LogP contribution in [0.5, 0.6) is 0 Å². The molecule has 3 aromatic rings. The van der Waals surface area contributed by atoms with Gasteiger partial charge in [0.15, 0.2) is 0 Å². The summed E-state index contributed by atoms with van der Waals surface area (Å²) < 4.78 is 0. The van der Waals surface area contributed by atoms with Crippen molar-refractivity contribution >= 4 is 11.3 Å². The second kappa shape index (κ2) is 5.59. The molecule has 0 saturated heterocycles. The van der Waals surface area contributed by atoms with Crippen LogP contribution >= 0.6 is 11.3 Å². The minimum atomic E-state index is 0.793. The molecular formula is C15H10N4S. The fourth-order valence-corrected chi connectivity index (χ4v) is 2.22. The number of rotatable bonds is 1. The number of pyridine rings is 1. The van der Waals surface area contributed by atoms with Gasteiger partial charge in [-0.15, -0.1) is 11.3 Å². The molecular weight excluding hydrogens is 268 g/mol. The second-order valence-corrected chi connectivity index (χ2v) is 5.15. The molecule has 96 valence electrons. The maximum Gasteiger partial charge on any atom is 0.124 e. The summed E-state index contributed by atoms with van der Waals surface area (Å²) in [5.74, 6) is 6.11. The van der Waals surface area contributed by atoms with Crippen molar-refractivity contribution < 1.29 is 0 Å². The molecule has 0 unspecified atom stereocenters. The fraction of sp³-hybridized carbons (Fsp3) is 0.0667. The lowest BCUT2D eigenvalue weighted by Crippen LogP contribution is -1.85. The van der Waals surface area contributed by atoms with Crippen molar-refractivity contribution in [2.45, 2.75) is 6.92 Å². The fourth-order valence-electron chi connectivity index (χ4n) is 1.67. The van der Waals surface area contributed by atoms with Crippen molar-refractivity contribution in [1.29, 1.82) is 0 Å². The van der Waals surface area contributed by atoms with Gasteiger partial charge in [-0.3, -0.25) is 4.98 Å². The Hall–Kier alpha value is -2.58. The van der Waals surface area contributed by atoms with Crippen LogP contribution in [-0.2, 0) is 0 Å². The summed E-state index contributed by atoms with van der Waals surface area (Å²) in [5.41, 5.74) is 3.51. The van der Waals surface area contributed by atoms with Gasteiger partial charge in [0.1, 0.15) is 12.0 Å². The minimum absolute atomic E-state index is 0.793. The summed E-state index contributed by atoms with van der Waals surface area (Å²) in [7, 11) is 0. The molecule has 0 saturated carbocycles. The Morgan fingerprint density at radius 1 is 0.950 bits per heavy atom. The average Bonchev–Trinajstić information content (AvgIpc) is 2.92. The minimum Gasteiger partial charge on any atom is -0.263 e. The molecule has 0 aliphatic rings. The predicted molar refractivity (Wildman–Crippen MR) is 78.1 cm³/mol. The number of aromatic nitrogens is 4. The number of nitrogens with zero attached hydrogens (tertiary/aromatic N) is 4. The molecule has 3 rings (SSSR count). The molecule has 20 heavy (non-hydrogen) atoms. The summed E-state index contributed by atoms with van der Waals surface area (Å²) in [5, 5.41) is 2.97. The van der Waals surface area contributed by atoms with E-state index < -0.39 is 0 Å². The van der Waals surface area contributed by atoms with Gasteiger partial charge in [-0.2, -0.15) is 0 Å². The van der Waals surface area contributed by atoms with Crippen LogP contribution in [0.25, 0.3) is 11.1 Å². The largest absolute Gasteiger partial charge is 0.263 e. The van der Waals surface area contributed by atoms with Gasteiger partial charge >= 0.3 is 0 Å². The zero-order valence-electron chi connectivity index (χ0n) is 10.7. The van der Waals surface area contributed by atoms with Gasteiger partial charge in [0, 0.05) is 46.9 Å². The lowest BCUT2D eigenvalue weighted by Gasteiger charge is -1.99. The number of hydrogen-bond acceptors (Lipinski definition) is 5. The first-order chi connectivity index (χ1) is 9.81. The van der Waals surface area contributed by atoms with E-state index in [1.54, 1.807) is 36.1 Å². The first-order valence-corrected chi connectivity index (χ1v) is 6.84. The Morgan fingerprint density at radius 3 is 2.50 bits per heavy atom. The van der Waals surface area contributed by atoms with Crippen molar-refractivity contribution in [2.24, 2.45) is 0 Å². The number of thiazole rings is 1. The van der Waals surface area contributed by atoms with Crippen LogP contribution < -0.4 is 0 Å². The van der Waals surface area contributed by atoms with Crippen LogP contribution in [-0.4, -0.2) is 19.9 Å². The molecule has 3 aromatic heterocycles. The first kappa shape index (κ1) is 12.5. The van der Waals surface area contributed by atoms with E-state index in [2.05, 4.69) is 31.8 Å². The highest BCUT2D eigenvalue weighted by Crippen LogP contribution is 2.16. The average molecular weight is 278 g/mol. The van der Waals surface area contributed by atoms with Crippen molar-refractivity contribution in [2.75, 3.05) is 0 Å². The van der Waals surface area contributed by atoms with Crippen molar-refractivity contribution in [3.8, 4) is 23.0 Å². The van der Waals surface area contributed by atoms with Crippen LogP contribution in [0.4, 0.5) is 0 Å². The lowest BCUT2D eigenvalue weighted by atomic mass is 10.1. The Kier molecular flexibility index (Phi) is 3.48. The van der Waals surface area contributed by atoms with E-state index >= 15 is 0 Å². The Labute approximate surface area is 120 Å². The van der Waals surface area contributed by atoms with Crippen LogP contribution in [0.15, 0.2) is 42.6 Å². The highest BCUT2D eigenvalue weighted by Gasteiger charge is 1.99.